The summed E-state index contributed by atoms with van der Waals surface area (Å²) in [6.07, 6.45) is 3.52. The Morgan fingerprint density at radius 1 is 1.29 bits per heavy atom. The van der Waals surface area contributed by atoms with Crippen LogP contribution in [0.4, 0.5) is 0 Å². The fraction of sp³-hybridized carbons (Fsp3) is 0.769. The number of nitrogens with one attached hydrogen (secondary N) is 1. The zero-order valence-electron chi connectivity index (χ0n) is 11.4. The Kier molecular flexibility index (Phi) is 6.09. The van der Waals surface area contributed by atoms with Gasteiger partial charge in [-0.3, -0.25) is 0 Å². The molecule has 4 heteroatoms. The van der Waals surface area contributed by atoms with E-state index in [1.807, 2.05) is 0 Å². The molecule has 0 saturated carbocycles. The van der Waals surface area contributed by atoms with Gasteiger partial charge in [0.1, 0.15) is 0 Å². The summed E-state index contributed by atoms with van der Waals surface area (Å²) in [6.45, 7) is 9.50. The summed E-state index contributed by atoms with van der Waals surface area (Å²) in [6, 6.07) is 0.746. The van der Waals surface area contributed by atoms with Crippen molar-refractivity contribution in [3.63, 3.8) is 0 Å². The van der Waals surface area contributed by atoms with Gasteiger partial charge in [-0.25, -0.2) is 4.98 Å². The molecule has 98 valence electrons. The zero-order valence-corrected chi connectivity index (χ0v) is 12.2. The molecule has 2 unspecified atom stereocenters. The van der Waals surface area contributed by atoms with Crippen LogP contribution in [0, 0.1) is 13.8 Å². The molecule has 0 aliphatic rings. The molecule has 1 aromatic heterocycles. The highest BCUT2D eigenvalue weighted by atomic mass is 32.1. The first-order valence-corrected chi connectivity index (χ1v) is 7.25. The number of unbranched alkanes of at least 4 members (excludes halogenated alkanes) is 1. The first kappa shape index (κ1) is 14.6. The first-order valence-electron chi connectivity index (χ1n) is 6.43. The van der Waals surface area contributed by atoms with Crippen molar-refractivity contribution < 1.29 is 0 Å². The number of aryl methyl sites for hydroxylation is 2. The number of aromatic nitrogens is 1. The maximum atomic E-state index is 5.72. The highest BCUT2D eigenvalue weighted by molar-refractivity contribution is 7.11. The third-order valence-corrected chi connectivity index (χ3v) is 4.13. The van der Waals surface area contributed by atoms with E-state index in [0.717, 1.165) is 18.0 Å². The van der Waals surface area contributed by atoms with Gasteiger partial charge in [-0.05, 0) is 47.1 Å². The summed E-state index contributed by atoms with van der Waals surface area (Å²) >= 11 is 1.80. The van der Waals surface area contributed by atoms with Crippen LogP contribution in [0.1, 0.15) is 54.7 Å². The molecule has 0 saturated heterocycles. The molecule has 0 fully saturated rings. The lowest BCUT2D eigenvalue weighted by molar-refractivity contribution is 0.525. The van der Waals surface area contributed by atoms with Crippen molar-refractivity contribution in [3.8, 4) is 0 Å². The van der Waals surface area contributed by atoms with Crippen molar-refractivity contribution in [1.82, 2.24) is 10.3 Å². The Balaban J connectivity index is 2.25. The predicted octanol–water partition coefficient (Wildman–Crippen LogP) is 2.93. The van der Waals surface area contributed by atoms with Gasteiger partial charge < -0.3 is 11.1 Å². The van der Waals surface area contributed by atoms with E-state index in [-0.39, 0.29) is 0 Å². The lowest BCUT2D eigenvalue weighted by Crippen LogP contribution is -2.20. The summed E-state index contributed by atoms with van der Waals surface area (Å²) < 4.78 is 0. The Morgan fingerprint density at radius 3 is 2.53 bits per heavy atom. The maximum Gasteiger partial charge on any atom is 0.0900 e. The molecule has 1 aromatic rings. The third-order valence-electron chi connectivity index (χ3n) is 2.87. The van der Waals surface area contributed by atoms with Crippen molar-refractivity contribution in [3.05, 3.63) is 15.6 Å². The van der Waals surface area contributed by atoms with E-state index >= 15 is 0 Å². The van der Waals surface area contributed by atoms with Gasteiger partial charge in [0.15, 0.2) is 0 Å². The minimum atomic E-state index is 0.332. The van der Waals surface area contributed by atoms with E-state index in [1.54, 1.807) is 11.3 Å². The molecule has 0 bridgehead atoms. The van der Waals surface area contributed by atoms with Crippen molar-refractivity contribution in [2.24, 2.45) is 5.73 Å². The monoisotopic (exact) mass is 255 g/mol. The van der Waals surface area contributed by atoms with Crippen LogP contribution < -0.4 is 11.1 Å². The molecule has 0 aliphatic carbocycles. The van der Waals surface area contributed by atoms with Crippen LogP contribution >= 0.6 is 11.3 Å². The standard InChI is InChI=1S/C13H25N3S/c1-9(14)7-5-6-8-15-10(2)13-11(3)16-12(4)17-13/h9-10,15H,5-8,14H2,1-4H3. The third kappa shape index (κ3) is 5.15. The van der Waals surface area contributed by atoms with Crippen LogP contribution in [0.2, 0.25) is 0 Å². The van der Waals surface area contributed by atoms with Crippen LogP contribution in [-0.2, 0) is 0 Å². The highest BCUT2D eigenvalue weighted by Gasteiger charge is 2.11. The predicted molar refractivity (Wildman–Crippen MR) is 75.5 cm³/mol. The van der Waals surface area contributed by atoms with Gasteiger partial charge in [0.2, 0.25) is 0 Å². The van der Waals surface area contributed by atoms with Gasteiger partial charge in [0.05, 0.1) is 10.7 Å². The minimum absolute atomic E-state index is 0.332. The molecule has 0 aliphatic heterocycles. The van der Waals surface area contributed by atoms with Gasteiger partial charge in [-0.15, -0.1) is 11.3 Å². The van der Waals surface area contributed by atoms with Crippen molar-refractivity contribution in [2.45, 2.75) is 59.0 Å². The van der Waals surface area contributed by atoms with Crippen molar-refractivity contribution in [2.75, 3.05) is 6.54 Å². The van der Waals surface area contributed by atoms with Gasteiger partial charge >= 0.3 is 0 Å². The van der Waals surface area contributed by atoms with E-state index in [4.69, 9.17) is 5.73 Å². The summed E-state index contributed by atoms with van der Waals surface area (Å²) in [5, 5.41) is 4.71. The second-order valence-electron chi connectivity index (χ2n) is 4.83. The molecule has 0 aromatic carbocycles. The molecular formula is C13H25N3S. The minimum Gasteiger partial charge on any atom is -0.328 e. The van der Waals surface area contributed by atoms with E-state index < -0.39 is 0 Å². The summed E-state index contributed by atoms with van der Waals surface area (Å²) in [7, 11) is 0. The van der Waals surface area contributed by atoms with E-state index in [9.17, 15) is 0 Å². The second-order valence-corrected chi connectivity index (χ2v) is 6.07. The lowest BCUT2D eigenvalue weighted by Gasteiger charge is -2.13. The summed E-state index contributed by atoms with van der Waals surface area (Å²) in [5.74, 6) is 0. The smallest absolute Gasteiger partial charge is 0.0900 e. The van der Waals surface area contributed by atoms with Crippen LogP contribution in [0.3, 0.4) is 0 Å². The zero-order chi connectivity index (χ0) is 12.8. The van der Waals surface area contributed by atoms with E-state index in [2.05, 4.69) is 38.0 Å². The summed E-state index contributed by atoms with van der Waals surface area (Å²) in [4.78, 5) is 5.83. The molecule has 0 spiro atoms. The van der Waals surface area contributed by atoms with Gasteiger partial charge in [0.25, 0.3) is 0 Å². The maximum absolute atomic E-state index is 5.72. The molecule has 0 radical (unpaired) electrons. The average molecular weight is 255 g/mol. The number of hydrogen-bond donors (Lipinski definition) is 2. The number of rotatable bonds is 7. The molecule has 17 heavy (non-hydrogen) atoms. The fourth-order valence-electron chi connectivity index (χ4n) is 1.95. The quantitative estimate of drug-likeness (QED) is 0.737. The SMILES string of the molecule is Cc1nc(C)c(C(C)NCCCCC(C)N)s1. The highest BCUT2D eigenvalue weighted by Crippen LogP contribution is 2.24. The molecule has 2 atom stereocenters. The van der Waals surface area contributed by atoms with Crippen LogP contribution in [-0.4, -0.2) is 17.6 Å². The Labute approximate surface area is 109 Å². The number of nitrogens with zero attached hydrogens (tertiary/aromatic N) is 1. The van der Waals surface area contributed by atoms with Crippen LogP contribution in [0.15, 0.2) is 0 Å². The summed E-state index contributed by atoms with van der Waals surface area (Å²) in [5.41, 5.74) is 6.89. The molecule has 3 N–H and O–H groups in total. The number of thiazole rings is 1. The molecule has 0 amide bonds. The largest absolute Gasteiger partial charge is 0.328 e. The molecule has 3 nitrogen and oxygen atoms in total. The van der Waals surface area contributed by atoms with Crippen LogP contribution in [0.25, 0.3) is 0 Å². The Morgan fingerprint density at radius 2 is 2.00 bits per heavy atom. The first-order chi connectivity index (χ1) is 8.00. The number of nitrogens with two attached hydrogens (primary N) is 1. The molecular weight excluding hydrogens is 230 g/mol. The van der Waals surface area contributed by atoms with Crippen LogP contribution in [0.5, 0.6) is 0 Å². The fourth-order valence-corrected chi connectivity index (χ4v) is 2.91. The van der Waals surface area contributed by atoms with Gasteiger partial charge in [-0.1, -0.05) is 6.42 Å². The van der Waals surface area contributed by atoms with E-state index in [0.29, 0.717) is 12.1 Å². The molecule has 1 rings (SSSR count). The number of hydrogen-bond acceptors (Lipinski definition) is 4. The average Bonchev–Trinajstić information content (AvgIpc) is 2.56. The van der Waals surface area contributed by atoms with Gasteiger partial charge in [-0.2, -0.15) is 0 Å². The van der Waals surface area contributed by atoms with Crippen molar-refractivity contribution in [1.29, 1.82) is 0 Å². The second kappa shape index (κ2) is 7.09. The van der Waals surface area contributed by atoms with Gasteiger partial charge in [0, 0.05) is 17.0 Å². The normalized spacial score (nSPS) is 14.9. The van der Waals surface area contributed by atoms with E-state index in [1.165, 1.54) is 23.4 Å². The molecule has 1 heterocycles. The Hall–Kier alpha value is -0.450. The topological polar surface area (TPSA) is 50.9 Å². The lowest BCUT2D eigenvalue weighted by atomic mass is 10.1. The van der Waals surface area contributed by atoms with Crippen molar-refractivity contribution >= 4 is 11.3 Å². The Bertz CT molecular complexity index is 333.